The number of rotatable bonds is 3. The van der Waals surface area contributed by atoms with Crippen molar-refractivity contribution in [3.05, 3.63) is 39.9 Å². The fraction of sp³-hybridized carbons (Fsp3) is 0.182. The molecule has 0 fully saturated rings. The lowest BCUT2D eigenvalue weighted by molar-refractivity contribution is -0.119. The zero-order valence-electron chi connectivity index (χ0n) is 9.00. The van der Waals surface area contributed by atoms with E-state index in [9.17, 15) is 4.79 Å². The van der Waals surface area contributed by atoms with Crippen molar-refractivity contribution in [1.82, 2.24) is 10.4 Å². The molecule has 0 aliphatic heterocycles. The minimum atomic E-state index is -0.221. The first kappa shape index (κ1) is 13.0. The van der Waals surface area contributed by atoms with Gasteiger partial charge in [-0.3, -0.25) is 10.2 Å². The lowest BCUT2D eigenvalue weighted by Gasteiger charge is -2.08. The Morgan fingerprint density at radius 1 is 1.38 bits per heavy atom. The Bertz CT molecular complexity index is 416. The van der Waals surface area contributed by atoms with Crippen LogP contribution >= 0.6 is 23.2 Å². The first-order valence-corrected chi connectivity index (χ1v) is 5.36. The van der Waals surface area contributed by atoms with Crippen molar-refractivity contribution in [3.8, 4) is 0 Å². The second kappa shape index (κ2) is 5.89. The van der Waals surface area contributed by atoms with Gasteiger partial charge in [0.25, 0.3) is 5.91 Å². The van der Waals surface area contributed by atoms with Crippen molar-refractivity contribution in [2.75, 3.05) is 14.1 Å². The summed E-state index contributed by atoms with van der Waals surface area (Å²) in [6.45, 7) is 0. The number of hydrogen-bond acceptors (Lipinski definition) is 2. The Morgan fingerprint density at radius 3 is 2.69 bits per heavy atom. The summed E-state index contributed by atoms with van der Waals surface area (Å²) in [5.74, 6) is -0.221. The van der Waals surface area contributed by atoms with Crippen LogP contribution in [0.3, 0.4) is 0 Å². The lowest BCUT2D eigenvalue weighted by Crippen LogP contribution is -2.34. The van der Waals surface area contributed by atoms with Gasteiger partial charge >= 0.3 is 0 Å². The molecule has 0 bridgehead atoms. The summed E-state index contributed by atoms with van der Waals surface area (Å²) in [5.41, 5.74) is 3.29. The molecule has 0 aliphatic carbocycles. The van der Waals surface area contributed by atoms with Crippen LogP contribution in [0.1, 0.15) is 5.56 Å². The average molecular weight is 259 g/mol. The van der Waals surface area contributed by atoms with Gasteiger partial charge in [0, 0.05) is 20.2 Å². The van der Waals surface area contributed by atoms with E-state index in [1.807, 2.05) is 0 Å². The molecule has 0 aromatic heterocycles. The molecule has 0 radical (unpaired) electrons. The monoisotopic (exact) mass is 258 g/mol. The van der Waals surface area contributed by atoms with Gasteiger partial charge in [0.2, 0.25) is 0 Å². The van der Waals surface area contributed by atoms with Gasteiger partial charge < -0.3 is 0 Å². The molecule has 5 heteroatoms. The Balaban J connectivity index is 2.77. The second-order valence-electron chi connectivity index (χ2n) is 3.35. The zero-order chi connectivity index (χ0) is 12.1. The molecule has 1 N–H and O–H groups in total. The third-order valence-electron chi connectivity index (χ3n) is 1.73. The smallest absolute Gasteiger partial charge is 0.258 e. The van der Waals surface area contributed by atoms with E-state index >= 15 is 0 Å². The van der Waals surface area contributed by atoms with Crippen molar-refractivity contribution in [2.45, 2.75) is 0 Å². The Kier molecular flexibility index (Phi) is 4.80. The van der Waals surface area contributed by atoms with E-state index in [1.165, 1.54) is 6.08 Å². The van der Waals surface area contributed by atoms with Gasteiger partial charge in [-0.25, -0.2) is 5.01 Å². The van der Waals surface area contributed by atoms with E-state index in [1.54, 1.807) is 43.4 Å². The number of benzene rings is 1. The molecular weight excluding hydrogens is 247 g/mol. The number of nitrogens with one attached hydrogen (secondary N) is 1. The number of hydrogen-bond donors (Lipinski definition) is 1. The molecular formula is C11H12Cl2N2O. The number of hydrazine groups is 1. The summed E-state index contributed by atoms with van der Waals surface area (Å²) < 4.78 is 0. The summed E-state index contributed by atoms with van der Waals surface area (Å²) in [7, 11) is 3.47. The van der Waals surface area contributed by atoms with Gasteiger partial charge in [0.15, 0.2) is 0 Å². The molecule has 0 unspecified atom stereocenters. The number of carbonyl (C=O) groups is 1. The highest BCUT2D eigenvalue weighted by Crippen LogP contribution is 2.26. The minimum absolute atomic E-state index is 0.221. The van der Waals surface area contributed by atoms with Crippen LogP contribution < -0.4 is 5.43 Å². The molecule has 0 saturated heterocycles. The van der Waals surface area contributed by atoms with Crippen LogP contribution in [0.4, 0.5) is 0 Å². The quantitative estimate of drug-likeness (QED) is 0.668. The van der Waals surface area contributed by atoms with E-state index in [0.717, 1.165) is 0 Å². The largest absolute Gasteiger partial charge is 0.286 e. The van der Waals surface area contributed by atoms with Crippen molar-refractivity contribution < 1.29 is 4.79 Å². The van der Waals surface area contributed by atoms with Crippen molar-refractivity contribution in [1.29, 1.82) is 0 Å². The molecule has 86 valence electrons. The number of amides is 1. The highest BCUT2D eigenvalue weighted by Gasteiger charge is 2.01. The molecule has 16 heavy (non-hydrogen) atoms. The Morgan fingerprint density at radius 2 is 2.06 bits per heavy atom. The third kappa shape index (κ3) is 3.85. The summed E-state index contributed by atoms with van der Waals surface area (Å²) in [5, 5.41) is 2.47. The molecule has 0 spiro atoms. The molecule has 0 saturated carbocycles. The van der Waals surface area contributed by atoms with Crippen LogP contribution in [0.5, 0.6) is 0 Å². The summed E-state index contributed by atoms with van der Waals surface area (Å²) in [6.07, 6.45) is 3.02. The van der Waals surface area contributed by atoms with Crippen molar-refractivity contribution in [3.63, 3.8) is 0 Å². The van der Waals surface area contributed by atoms with Crippen LogP contribution in [0.15, 0.2) is 24.3 Å². The van der Waals surface area contributed by atoms with Gasteiger partial charge in [-0.2, -0.15) is 0 Å². The topological polar surface area (TPSA) is 32.3 Å². The maximum Gasteiger partial charge on any atom is 0.258 e. The molecule has 1 amide bonds. The minimum Gasteiger partial charge on any atom is -0.286 e. The number of halogens is 2. The van der Waals surface area contributed by atoms with Crippen LogP contribution in [-0.4, -0.2) is 25.0 Å². The van der Waals surface area contributed by atoms with E-state index in [4.69, 9.17) is 23.2 Å². The predicted molar refractivity (Wildman–Crippen MR) is 67.3 cm³/mol. The van der Waals surface area contributed by atoms with Crippen molar-refractivity contribution in [2.24, 2.45) is 0 Å². The first-order valence-electron chi connectivity index (χ1n) is 4.60. The molecule has 0 atom stereocenters. The molecule has 3 nitrogen and oxygen atoms in total. The molecule has 0 aliphatic rings. The molecule has 1 aromatic rings. The first-order chi connectivity index (χ1) is 7.50. The Labute approximate surface area is 105 Å². The van der Waals surface area contributed by atoms with Gasteiger partial charge in [-0.15, -0.1) is 0 Å². The fourth-order valence-electron chi connectivity index (χ4n) is 1.07. The summed E-state index contributed by atoms with van der Waals surface area (Å²) in [6, 6.07) is 5.26. The van der Waals surface area contributed by atoms with Crippen LogP contribution in [0, 0.1) is 0 Å². The van der Waals surface area contributed by atoms with Gasteiger partial charge in [0.1, 0.15) is 0 Å². The maximum atomic E-state index is 11.3. The van der Waals surface area contributed by atoms with E-state index in [-0.39, 0.29) is 5.91 Å². The second-order valence-corrected chi connectivity index (χ2v) is 4.13. The van der Waals surface area contributed by atoms with Gasteiger partial charge in [0.05, 0.1) is 10.0 Å². The molecule has 1 aromatic carbocycles. The van der Waals surface area contributed by atoms with E-state index in [0.29, 0.717) is 15.6 Å². The van der Waals surface area contributed by atoms with Crippen LogP contribution in [0.25, 0.3) is 6.08 Å². The standard InChI is InChI=1S/C11H12Cl2N2O/c1-15(2)14-10(16)7-6-8-4-3-5-9(12)11(8)13/h3-7H,1-2H3,(H,14,16)/b7-6+. The normalized spacial score (nSPS) is 11.1. The SMILES string of the molecule is CN(C)NC(=O)/C=C/c1cccc(Cl)c1Cl. The highest BCUT2D eigenvalue weighted by molar-refractivity contribution is 6.42. The lowest BCUT2D eigenvalue weighted by atomic mass is 10.2. The summed E-state index contributed by atoms with van der Waals surface area (Å²) in [4.78, 5) is 11.3. The average Bonchev–Trinajstić information content (AvgIpc) is 2.19. The third-order valence-corrected chi connectivity index (χ3v) is 2.56. The fourth-order valence-corrected chi connectivity index (χ4v) is 1.44. The predicted octanol–water partition coefficient (Wildman–Crippen LogP) is 2.60. The van der Waals surface area contributed by atoms with Gasteiger partial charge in [-0.1, -0.05) is 35.3 Å². The molecule has 0 heterocycles. The number of nitrogens with zero attached hydrogens (tertiary/aromatic N) is 1. The zero-order valence-corrected chi connectivity index (χ0v) is 10.5. The maximum absolute atomic E-state index is 11.3. The summed E-state index contributed by atoms with van der Waals surface area (Å²) >= 11 is 11.8. The van der Waals surface area contributed by atoms with Gasteiger partial charge in [-0.05, 0) is 17.7 Å². The molecule has 1 rings (SSSR count). The number of carbonyl (C=O) groups excluding carboxylic acids is 1. The van der Waals surface area contributed by atoms with Crippen molar-refractivity contribution >= 4 is 35.2 Å². The highest BCUT2D eigenvalue weighted by atomic mass is 35.5. The van der Waals surface area contributed by atoms with E-state index < -0.39 is 0 Å². The van der Waals surface area contributed by atoms with Crippen LogP contribution in [0.2, 0.25) is 10.0 Å². The van der Waals surface area contributed by atoms with Crippen LogP contribution in [-0.2, 0) is 4.79 Å². The Hall–Kier alpha value is -1.03. The van der Waals surface area contributed by atoms with E-state index in [2.05, 4.69) is 5.43 Å².